The van der Waals surface area contributed by atoms with E-state index in [1.54, 1.807) is 28.4 Å². The van der Waals surface area contributed by atoms with Crippen molar-refractivity contribution in [3.8, 4) is 44.9 Å². The van der Waals surface area contributed by atoms with E-state index >= 15 is 4.79 Å². The number of aromatic amines is 1. The molecule has 0 saturated carbocycles. The normalized spacial score (nSPS) is 11.9. The van der Waals surface area contributed by atoms with Crippen LogP contribution < -0.4 is 30.0 Å². The van der Waals surface area contributed by atoms with Gasteiger partial charge in [0.05, 0.1) is 36.3 Å². The Bertz CT molecular complexity index is 4850. The van der Waals surface area contributed by atoms with Gasteiger partial charge in [-0.3, -0.25) is 9.59 Å². The summed E-state index contributed by atoms with van der Waals surface area (Å²) < 4.78 is 14.8. The van der Waals surface area contributed by atoms with Crippen LogP contribution in [-0.4, -0.2) is 42.9 Å². The third-order valence-corrected chi connectivity index (χ3v) is 15.0. The van der Waals surface area contributed by atoms with E-state index in [0.29, 0.717) is 38.1 Å². The van der Waals surface area contributed by atoms with Gasteiger partial charge in [-0.25, -0.2) is 0 Å². The summed E-state index contributed by atoms with van der Waals surface area (Å²) >= 11 is 0. The van der Waals surface area contributed by atoms with Crippen molar-refractivity contribution in [1.82, 2.24) is 14.4 Å². The minimum atomic E-state index is -0.141. The number of methoxy groups -OCH3 is 2. The lowest BCUT2D eigenvalue weighted by molar-refractivity contribution is 0.190. The summed E-state index contributed by atoms with van der Waals surface area (Å²) in [7, 11) is 6.62. The van der Waals surface area contributed by atoms with Gasteiger partial charge in [0.1, 0.15) is 25.7 Å². The molecule has 0 aliphatic carbocycles. The molecule has 11 aromatic carbocycles. The molecule has 350 valence electrons. The van der Waals surface area contributed by atoms with Crippen LogP contribution in [0.2, 0.25) is 0 Å². The number of rotatable bonds is 7. The van der Waals surface area contributed by atoms with Gasteiger partial charge in [-0.05, 0) is 140 Å². The molecule has 0 spiro atoms. The molecule has 73 heavy (non-hydrogen) atoms. The highest BCUT2D eigenvalue weighted by Gasteiger charge is 2.20. The molecule has 0 unspecified atom stereocenters. The predicted molar refractivity (Wildman–Crippen MR) is 299 cm³/mol. The standard InChI is InChI=1S/C64H43N3O6/c1-70-44-18-22-49-47-20-15-38(31-58(47)66(72-3)60(49)33-44)43-25-42-14-13-40-28-53-39(12-10-35-9-11-36(26-52(35)63(53)68)37-17-24-57-55(27-37)46-7-5-6-8-56(46)65-57)29-54(40)64(69)62(42)51(30-43)41-16-21-48-50-23-19-45(71-2)34-61(50)67(73-4)59(48)32-41/h5-34,65H,1-4H3. The fourth-order valence-corrected chi connectivity index (χ4v) is 11.4. The van der Waals surface area contributed by atoms with Crippen LogP contribution in [0.15, 0.2) is 192 Å². The lowest BCUT2D eigenvalue weighted by atomic mass is 9.92. The monoisotopic (exact) mass is 949 g/mol. The molecule has 0 bridgehead atoms. The largest absolute Gasteiger partial charge is 0.497 e. The molecule has 0 amide bonds. The van der Waals surface area contributed by atoms with Crippen LogP contribution in [0.4, 0.5) is 0 Å². The number of H-pyrrole nitrogens is 1. The number of nitrogens with one attached hydrogen (secondary N) is 1. The molecule has 0 atom stereocenters. The first-order chi connectivity index (χ1) is 35.8. The lowest BCUT2D eigenvalue weighted by Gasteiger charge is -2.12. The van der Waals surface area contributed by atoms with Crippen LogP contribution in [0.5, 0.6) is 11.5 Å². The van der Waals surface area contributed by atoms with E-state index in [9.17, 15) is 4.79 Å². The van der Waals surface area contributed by atoms with Crippen LogP contribution in [0, 0.1) is 0 Å². The van der Waals surface area contributed by atoms with Crippen LogP contribution in [0.25, 0.3) is 142 Å². The zero-order chi connectivity index (χ0) is 49.2. The molecule has 0 aliphatic rings. The molecule has 0 fully saturated rings. The SMILES string of the molecule is COc1ccc2c3ccc(-c4cc(-c5ccc6c7ccc(OC)cc7n(OC)c6c5)c5c(=O)c6cc7ccc8ccc(-c9ccc%10[nH]c%11ccccc%11c%10c9)cc8c(=O)c7cc6ccc5c4)cc3n(OC)c2c1. The minimum absolute atomic E-state index is 0.0971. The Kier molecular flexibility index (Phi) is 9.25. The summed E-state index contributed by atoms with van der Waals surface area (Å²) in [5.74, 6) is 1.45. The molecule has 9 heteroatoms. The number of benzene rings is 9. The maximum atomic E-state index is 15.6. The smallest absolute Gasteiger partial charge is 0.194 e. The molecule has 0 radical (unpaired) electrons. The van der Waals surface area contributed by atoms with Crippen LogP contribution in [-0.2, 0) is 0 Å². The minimum Gasteiger partial charge on any atom is -0.497 e. The fraction of sp³-hybridized carbons (Fsp3) is 0.0625. The van der Waals surface area contributed by atoms with Crippen molar-refractivity contribution in [2.45, 2.75) is 0 Å². The molecular formula is C64H43N3O6. The van der Waals surface area contributed by atoms with Gasteiger partial charge in [-0.1, -0.05) is 84.9 Å². The number of fused-ring (bicyclic) bond motifs is 13. The second kappa shape index (κ2) is 16.0. The quantitative estimate of drug-likeness (QED) is 0.171. The van der Waals surface area contributed by atoms with Crippen molar-refractivity contribution in [2.75, 3.05) is 28.4 Å². The van der Waals surface area contributed by atoms with Crippen molar-refractivity contribution in [2.24, 2.45) is 0 Å². The number of para-hydroxylation sites is 1. The predicted octanol–water partition coefficient (Wildman–Crippen LogP) is 14.0. The van der Waals surface area contributed by atoms with Gasteiger partial charge >= 0.3 is 0 Å². The second-order valence-electron chi connectivity index (χ2n) is 18.8. The molecule has 1 N–H and O–H groups in total. The van der Waals surface area contributed by atoms with Gasteiger partial charge in [0, 0.05) is 77.0 Å². The lowest BCUT2D eigenvalue weighted by Crippen LogP contribution is -2.05. The van der Waals surface area contributed by atoms with E-state index < -0.39 is 0 Å². The van der Waals surface area contributed by atoms with Crippen molar-refractivity contribution in [1.29, 1.82) is 0 Å². The fourth-order valence-electron chi connectivity index (χ4n) is 11.4. The Hall–Kier alpha value is -9.60. The van der Waals surface area contributed by atoms with Crippen molar-refractivity contribution >= 4 is 109 Å². The van der Waals surface area contributed by atoms with E-state index in [-0.39, 0.29) is 10.9 Å². The van der Waals surface area contributed by atoms with E-state index in [1.807, 2.05) is 94.4 Å². The van der Waals surface area contributed by atoms with Gasteiger partial charge in [0.25, 0.3) is 0 Å². The van der Waals surface area contributed by atoms with E-state index in [0.717, 1.165) is 115 Å². The third-order valence-electron chi connectivity index (χ3n) is 15.0. The van der Waals surface area contributed by atoms with Crippen molar-refractivity contribution in [3.05, 3.63) is 202 Å². The van der Waals surface area contributed by atoms with E-state index in [2.05, 4.69) is 102 Å². The van der Waals surface area contributed by atoms with Crippen molar-refractivity contribution < 1.29 is 19.1 Å². The summed E-state index contributed by atoms with van der Waals surface area (Å²) in [6.07, 6.45) is 0. The molecular weight excluding hydrogens is 907 g/mol. The average molecular weight is 950 g/mol. The Labute approximate surface area is 416 Å². The maximum absolute atomic E-state index is 15.6. The number of hydrogen-bond donors (Lipinski definition) is 1. The first-order valence-electron chi connectivity index (χ1n) is 24.1. The summed E-state index contributed by atoms with van der Waals surface area (Å²) in [6, 6.07) is 61.3. The zero-order valence-corrected chi connectivity index (χ0v) is 40.2. The van der Waals surface area contributed by atoms with E-state index in [1.165, 1.54) is 0 Å². The van der Waals surface area contributed by atoms with Crippen LogP contribution >= 0.6 is 0 Å². The molecule has 3 aromatic heterocycles. The zero-order valence-electron chi connectivity index (χ0n) is 40.2. The van der Waals surface area contributed by atoms with Crippen LogP contribution in [0.3, 0.4) is 0 Å². The van der Waals surface area contributed by atoms with Gasteiger partial charge < -0.3 is 24.1 Å². The average Bonchev–Trinajstić information content (AvgIpc) is 4.01. The van der Waals surface area contributed by atoms with Gasteiger partial charge in [-0.2, -0.15) is 9.46 Å². The van der Waals surface area contributed by atoms with Crippen molar-refractivity contribution in [3.63, 3.8) is 0 Å². The Morgan fingerprint density at radius 2 is 0.822 bits per heavy atom. The number of aromatic nitrogens is 3. The molecule has 14 rings (SSSR count). The molecule has 0 saturated heterocycles. The number of ether oxygens (including phenoxy) is 2. The Balaban J connectivity index is 0.996. The third kappa shape index (κ3) is 6.35. The maximum Gasteiger partial charge on any atom is 0.194 e. The van der Waals surface area contributed by atoms with E-state index in [4.69, 9.17) is 19.1 Å². The van der Waals surface area contributed by atoms with Gasteiger partial charge in [0.2, 0.25) is 0 Å². The molecule has 3 heterocycles. The molecule has 14 aromatic rings. The molecule has 9 nitrogen and oxygen atoms in total. The highest BCUT2D eigenvalue weighted by Crippen LogP contribution is 2.40. The first-order valence-corrected chi connectivity index (χ1v) is 24.1. The van der Waals surface area contributed by atoms with Gasteiger partial charge in [-0.15, -0.1) is 0 Å². The summed E-state index contributed by atoms with van der Waals surface area (Å²) in [5.41, 5.74) is 10.8. The topological polar surface area (TPSA) is 96.7 Å². The summed E-state index contributed by atoms with van der Waals surface area (Å²) in [5, 5.41) is 11.5. The highest BCUT2D eigenvalue weighted by molar-refractivity contribution is 6.14. The number of nitrogens with zero attached hydrogens (tertiary/aromatic N) is 2. The summed E-state index contributed by atoms with van der Waals surface area (Å²) in [6.45, 7) is 0. The number of hydrogen-bond acceptors (Lipinski definition) is 6. The first kappa shape index (κ1) is 42.3. The van der Waals surface area contributed by atoms with Gasteiger partial charge in [0.15, 0.2) is 10.9 Å². The Morgan fingerprint density at radius 1 is 0.342 bits per heavy atom. The Morgan fingerprint density at radius 3 is 1.48 bits per heavy atom. The van der Waals surface area contributed by atoms with Crippen LogP contribution in [0.1, 0.15) is 0 Å². The second-order valence-corrected chi connectivity index (χ2v) is 18.8. The highest BCUT2D eigenvalue weighted by atomic mass is 16.6. The summed E-state index contributed by atoms with van der Waals surface area (Å²) in [4.78, 5) is 46.0. The molecule has 0 aliphatic heterocycles.